The molecule has 3 rings (SSSR count). The van der Waals surface area contributed by atoms with Gasteiger partial charge in [-0.1, -0.05) is 20.8 Å². The number of rotatable bonds is 3. The normalized spacial score (nSPS) is 44.3. The van der Waals surface area contributed by atoms with Crippen molar-refractivity contribution >= 4 is 11.9 Å². The van der Waals surface area contributed by atoms with Crippen molar-refractivity contribution in [3.05, 3.63) is 0 Å². The van der Waals surface area contributed by atoms with Crippen LogP contribution in [0.4, 0.5) is 0 Å². The highest BCUT2D eigenvalue weighted by Crippen LogP contribution is 2.63. The molecular formula is C17H27NO5. The van der Waals surface area contributed by atoms with Crippen LogP contribution in [0.25, 0.3) is 0 Å². The highest BCUT2D eigenvalue weighted by molar-refractivity contribution is 5.99. The molecule has 0 amide bonds. The van der Waals surface area contributed by atoms with E-state index in [1.54, 1.807) is 14.2 Å². The van der Waals surface area contributed by atoms with Crippen molar-refractivity contribution < 1.29 is 24.1 Å². The molecule has 130 valence electrons. The van der Waals surface area contributed by atoms with Crippen molar-refractivity contribution in [3.8, 4) is 0 Å². The van der Waals surface area contributed by atoms with Crippen LogP contribution in [0.5, 0.6) is 0 Å². The van der Waals surface area contributed by atoms with E-state index in [2.05, 4.69) is 25.8 Å². The van der Waals surface area contributed by atoms with Gasteiger partial charge in [0.15, 0.2) is 11.1 Å². The van der Waals surface area contributed by atoms with Gasteiger partial charge in [-0.2, -0.15) is 0 Å². The van der Waals surface area contributed by atoms with E-state index in [4.69, 9.17) is 14.2 Å². The molecule has 6 heteroatoms. The number of aliphatic imine (C=N–C) groups is 1. The zero-order valence-electron chi connectivity index (χ0n) is 14.6. The maximum atomic E-state index is 12.7. The number of nitrogens with zero attached hydrogens (tertiary/aromatic N) is 1. The first-order valence-corrected chi connectivity index (χ1v) is 8.20. The second-order valence-electron chi connectivity index (χ2n) is 7.96. The molecule has 0 radical (unpaired) electrons. The predicted molar refractivity (Wildman–Crippen MR) is 84.2 cm³/mol. The van der Waals surface area contributed by atoms with Crippen molar-refractivity contribution in [2.24, 2.45) is 21.7 Å². The van der Waals surface area contributed by atoms with Crippen molar-refractivity contribution in [1.29, 1.82) is 0 Å². The van der Waals surface area contributed by atoms with Gasteiger partial charge in [-0.05, 0) is 19.3 Å². The van der Waals surface area contributed by atoms with Crippen molar-refractivity contribution in [1.82, 2.24) is 0 Å². The lowest BCUT2D eigenvalue weighted by Gasteiger charge is -2.49. The SMILES string of the molecule is COC[C@]1(C)CC[C@]2(OC(=O)[C@]3(C[C@@H]3CO)N=C2OC)C1(C)C. The molecule has 0 aromatic carbocycles. The summed E-state index contributed by atoms with van der Waals surface area (Å²) in [6.07, 6.45) is 2.05. The van der Waals surface area contributed by atoms with Crippen LogP contribution in [0, 0.1) is 16.7 Å². The predicted octanol–water partition coefficient (Wildman–Crippen LogP) is 1.55. The largest absolute Gasteiger partial charge is 0.481 e. The van der Waals surface area contributed by atoms with Crippen molar-refractivity contribution in [2.75, 3.05) is 27.4 Å². The lowest BCUT2D eigenvalue weighted by molar-refractivity contribution is -0.174. The number of ether oxygens (including phenoxy) is 3. The van der Waals surface area contributed by atoms with E-state index in [1.807, 2.05) is 0 Å². The number of hydrogen-bond donors (Lipinski definition) is 1. The molecule has 2 saturated carbocycles. The van der Waals surface area contributed by atoms with E-state index in [9.17, 15) is 9.90 Å². The highest BCUT2D eigenvalue weighted by Gasteiger charge is 2.73. The molecule has 4 atom stereocenters. The number of aliphatic hydroxyl groups excluding tert-OH is 1. The zero-order chi connectivity index (χ0) is 17.1. The maximum absolute atomic E-state index is 12.7. The molecular weight excluding hydrogens is 298 g/mol. The van der Waals surface area contributed by atoms with Gasteiger partial charge in [0.2, 0.25) is 5.90 Å². The Morgan fingerprint density at radius 2 is 2.00 bits per heavy atom. The summed E-state index contributed by atoms with van der Waals surface area (Å²) in [5.74, 6) is -0.00246. The Morgan fingerprint density at radius 1 is 1.30 bits per heavy atom. The number of aliphatic hydroxyl groups is 1. The van der Waals surface area contributed by atoms with Crippen LogP contribution in [-0.2, 0) is 19.0 Å². The first-order chi connectivity index (χ1) is 10.7. The summed E-state index contributed by atoms with van der Waals surface area (Å²) < 4.78 is 17.1. The fraction of sp³-hybridized carbons (Fsp3) is 0.882. The summed E-state index contributed by atoms with van der Waals surface area (Å²) in [7, 11) is 3.27. The van der Waals surface area contributed by atoms with Gasteiger partial charge < -0.3 is 19.3 Å². The van der Waals surface area contributed by atoms with Crippen LogP contribution >= 0.6 is 0 Å². The average Bonchev–Trinajstić information content (AvgIpc) is 3.18. The third kappa shape index (κ3) is 1.88. The summed E-state index contributed by atoms with van der Waals surface area (Å²) in [4.78, 5) is 17.4. The van der Waals surface area contributed by atoms with Crippen LogP contribution < -0.4 is 0 Å². The average molecular weight is 325 g/mol. The summed E-state index contributed by atoms with van der Waals surface area (Å²) in [5.41, 5.74) is -2.32. The Bertz CT molecular complexity index is 559. The second-order valence-corrected chi connectivity index (χ2v) is 7.96. The third-order valence-corrected chi connectivity index (χ3v) is 6.76. The lowest BCUT2D eigenvalue weighted by atomic mass is 9.63. The Balaban J connectivity index is 2.05. The maximum Gasteiger partial charge on any atom is 0.335 e. The molecule has 0 aromatic rings. The lowest BCUT2D eigenvalue weighted by Crippen LogP contribution is -2.60. The van der Waals surface area contributed by atoms with Crippen LogP contribution in [0.15, 0.2) is 4.99 Å². The van der Waals surface area contributed by atoms with Gasteiger partial charge in [-0.15, -0.1) is 0 Å². The Morgan fingerprint density at radius 3 is 2.52 bits per heavy atom. The van der Waals surface area contributed by atoms with Crippen molar-refractivity contribution in [3.63, 3.8) is 0 Å². The van der Waals surface area contributed by atoms with Gasteiger partial charge in [0.05, 0.1) is 13.7 Å². The number of carbonyl (C=O) groups excluding carboxylic acids is 1. The highest BCUT2D eigenvalue weighted by atomic mass is 16.6. The van der Waals surface area contributed by atoms with Crippen LogP contribution in [0.2, 0.25) is 0 Å². The minimum atomic E-state index is -0.929. The number of esters is 1. The number of hydrogen-bond acceptors (Lipinski definition) is 6. The molecule has 2 aliphatic carbocycles. The molecule has 1 N–H and O–H groups in total. The van der Waals surface area contributed by atoms with E-state index in [0.29, 0.717) is 25.3 Å². The third-order valence-electron chi connectivity index (χ3n) is 6.76. The molecule has 2 fully saturated rings. The minimum absolute atomic E-state index is 0.0621. The molecule has 0 bridgehead atoms. The van der Waals surface area contributed by atoms with Crippen molar-refractivity contribution in [2.45, 2.75) is 51.2 Å². The number of methoxy groups -OCH3 is 2. The minimum Gasteiger partial charge on any atom is -0.481 e. The first kappa shape index (κ1) is 16.7. The standard InChI is InChI=1S/C17H27NO5/c1-14(2)15(3,10-21-4)6-7-17(14)12(22-5)18-16(13(20)23-17)8-11(16)9-19/h11,19H,6-10H2,1-5H3/t11-,15+,16-,17-/m1/s1. The van der Waals surface area contributed by atoms with E-state index in [1.165, 1.54) is 0 Å². The van der Waals surface area contributed by atoms with Crippen LogP contribution in [0.1, 0.15) is 40.0 Å². The second kappa shape index (κ2) is 4.93. The van der Waals surface area contributed by atoms with Gasteiger partial charge in [-0.3, -0.25) is 0 Å². The summed E-state index contributed by atoms with van der Waals surface area (Å²) >= 11 is 0. The molecule has 0 unspecified atom stereocenters. The van der Waals surface area contributed by atoms with Gasteiger partial charge in [0.25, 0.3) is 0 Å². The Kier molecular flexibility index (Phi) is 3.58. The number of carbonyl (C=O) groups is 1. The molecule has 23 heavy (non-hydrogen) atoms. The molecule has 0 saturated heterocycles. The quantitative estimate of drug-likeness (QED) is 0.797. The monoisotopic (exact) mass is 325 g/mol. The molecule has 2 spiro atoms. The summed E-state index contributed by atoms with van der Waals surface area (Å²) in [6.45, 7) is 6.86. The smallest absolute Gasteiger partial charge is 0.335 e. The first-order valence-electron chi connectivity index (χ1n) is 8.20. The van der Waals surface area contributed by atoms with Crippen LogP contribution in [-0.4, -0.2) is 55.5 Å². The van der Waals surface area contributed by atoms with E-state index >= 15 is 0 Å². The van der Waals surface area contributed by atoms with Gasteiger partial charge in [0.1, 0.15) is 0 Å². The Hall–Kier alpha value is -1.14. The van der Waals surface area contributed by atoms with Crippen LogP contribution in [0.3, 0.4) is 0 Å². The molecule has 1 heterocycles. The molecule has 0 aromatic heterocycles. The topological polar surface area (TPSA) is 77.4 Å². The fourth-order valence-corrected chi connectivity index (χ4v) is 4.43. The molecule has 6 nitrogen and oxygen atoms in total. The van der Waals surface area contributed by atoms with E-state index < -0.39 is 11.1 Å². The molecule has 1 aliphatic heterocycles. The fourth-order valence-electron chi connectivity index (χ4n) is 4.43. The molecule has 3 aliphatic rings. The summed E-state index contributed by atoms with van der Waals surface area (Å²) in [5, 5.41) is 9.38. The summed E-state index contributed by atoms with van der Waals surface area (Å²) in [6, 6.07) is 0. The van der Waals surface area contributed by atoms with E-state index in [0.717, 1.165) is 6.42 Å². The van der Waals surface area contributed by atoms with Gasteiger partial charge in [-0.25, -0.2) is 9.79 Å². The zero-order valence-corrected chi connectivity index (χ0v) is 14.6. The van der Waals surface area contributed by atoms with E-state index in [-0.39, 0.29) is 29.3 Å². The van der Waals surface area contributed by atoms with Gasteiger partial charge >= 0.3 is 5.97 Å². The Labute approximate surface area is 137 Å². The van der Waals surface area contributed by atoms with Gasteiger partial charge in [0, 0.05) is 30.5 Å².